The first kappa shape index (κ1) is 21.7. The van der Waals surface area contributed by atoms with Crippen LogP contribution in [0.1, 0.15) is 42.6 Å². The maximum Gasteiger partial charge on any atom is 0.433 e. The quantitative estimate of drug-likeness (QED) is 0.473. The number of anilines is 2. The van der Waals surface area contributed by atoms with Gasteiger partial charge in [-0.2, -0.15) is 18.2 Å². The highest BCUT2D eigenvalue weighted by Crippen LogP contribution is 2.32. The number of pyridine rings is 1. The molecule has 9 nitrogen and oxygen atoms in total. The molecule has 1 aliphatic rings. The second kappa shape index (κ2) is 8.78. The number of hydrogen-bond acceptors (Lipinski definition) is 8. The van der Waals surface area contributed by atoms with Gasteiger partial charge in [0, 0.05) is 18.8 Å². The molecule has 0 radical (unpaired) electrons. The van der Waals surface area contributed by atoms with Crippen LogP contribution in [0.5, 0.6) is 0 Å². The third-order valence-electron chi connectivity index (χ3n) is 5.10. The Morgan fingerprint density at radius 2 is 1.90 bits per heavy atom. The van der Waals surface area contributed by atoms with E-state index < -0.39 is 16.8 Å². The molecule has 1 saturated carbocycles. The molecule has 5 N–H and O–H groups in total. The van der Waals surface area contributed by atoms with Crippen LogP contribution < -0.4 is 16.8 Å². The topological polar surface area (TPSA) is 146 Å². The summed E-state index contributed by atoms with van der Waals surface area (Å²) < 4.78 is 37.8. The molecule has 0 unspecified atom stereocenters. The fourth-order valence-corrected chi connectivity index (χ4v) is 3.48. The third kappa shape index (κ3) is 5.32. The van der Waals surface area contributed by atoms with Gasteiger partial charge in [-0.15, -0.1) is 0 Å². The van der Waals surface area contributed by atoms with E-state index in [2.05, 4.69) is 20.3 Å². The zero-order chi connectivity index (χ0) is 21.9. The van der Waals surface area contributed by atoms with Gasteiger partial charge in [-0.3, -0.25) is 15.1 Å². The first-order chi connectivity index (χ1) is 14.1. The number of nitrogen functional groups attached to an aromatic ring is 1. The summed E-state index contributed by atoms with van der Waals surface area (Å²) in [6.07, 6.45) is 0.364. The summed E-state index contributed by atoms with van der Waals surface area (Å²) in [6.45, 7) is 0.0834. The van der Waals surface area contributed by atoms with Crippen molar-refractivity contribution in [2.45, 2.75) is 50.9 Å². The molecule has 0 atom stereocenters. The summed E-state index contributed by atoms with van der Waals surface area (Å²) in [7, 11) is 0. The van der Waals surface area contributed by atoms with Crippen molar-refractivity contribution < 1.29 is 18.1 Å². The zero-order valence-corrected chi connectivity index (χ0v) is 16.0. The largest absolute Gasteiger partial charge is 0.433 e. The molecule has 0 bridgehead atoms. The minimum Gasteiger partial charge on any atom is -0.378 e. The van der Waals surface area contributed by atoms with Crippen LogP contribution in [0.3, 0.4) is 0 Å². The van der Waals surface area contributed by atoms with E-state index in [0.29, 0.717) is 12.0 Å². The number of rotatable bonds is 6. The molecule has 0 aromatic carbocycles. The highest BCUT2D eigenvalue weighted by atomic mass is 19.4. The van der Waals surface area contributed by atoms with E-state index in [-0.39, 0.29) is 41.7 Å². The maximum absolute atomic E-state index is 12.6. The van der Waals surface area contributed by atoms with E-state index in [9.17, 15) is 23.3 Å². The van der Waals surface area contributed by atoms with Crippen molar-refractivity contribution in [2.24, 2.45) is 11.7 Å². The smallest absolute Gasteiger partial charge is 0.378 e. The molecule has 0 saturated heterocycles. The van der Waals surface area contributed by atoms with Gasteiger partial charge in [0.2, 0.25) is 11.8 Å². The van der Waals surface area contributed by atoms with Crippen LogP contribution in [-0.4, -0.2) is 25.9 Å². The van der Waals surface area contributed by atoms with Crippen molar-refractivity contribution >= 4 is 17.5 Å². The SMILES string of the molecule is Nc1nc(NCc2ccc(C(F)(F)F)nc2)nc(C[C@H]2CC[C@H](N)CC2)c1[N+](=O)[O-]. The van der Waals surface area contributed by atoms with Crippen molar-refractivity contribution in [1.29, 1.82) is 0 Å². The molecule has 0 amide bonds. The maximum atomic E-state index is 12.6. The Morgan fingerprint density at radius 1 is 1.20 bits per heavy atom. The van der Waals surface area contributed by atoms with Crippen molar-refractivity contribution in [2.75, 3.05) is 11.1 Å². The highest BCUT2D eigenvalue weighted by molar-refractivity contribution is 5.58. The summed E-state index contributed by atoms with van der Waals surface area (Å²) in [6, 6.07) is 2.31. The van der Waals surface area contributed by atoms with Gasteiger partial charge in [-0.1, -0.05) is 6.07 Å². The number of halogens is 3. The molecule has 2 aromatic heterocycles. The van der Waals surface area contributed by atoms with E-state index in [1.807, 2.05) is 0 Å². The average molecular weight is 425 g/mol. The van der Waals surface area contributed by atoms with Crippen LogP contribution >= 0.6 is 0 Å². The number of aromatic nitrogens is 3. The molecular weight excluding hydrogens is 403 g/mol. The van der Waals surface area contributed by atoms with Crippen LogP contribution in [0.15, 0.2) is 18.3 Å². The fraction of sp³-hybridized carbons (Fsp3) is 0.500. The van der Waals surface area contributed by atoms with Gasteiger partial charge >= 0.3 is 11.9 Å². The van der Waals surface area contributed by atoms with Crippen molar-refractivity contribution in [3.05, 3.63) is 45.4 Å². The molecule has 12 heteroatoms. The summed E-state index contributed by atoms with van der Waals surface area (Å²) in [5.41, 5.74) is 11.1. The van der Waals surface area contributed by atoms with Crippen molar-refractivity contribution in [3.63, 3.8) is 0 Å². The second-order valence-electron chi connectivity index (χ2n) is 7.37. The van der Waals surface area contributed by atoms with Gasteiger partial charge in [0.15, 0.2) is 0 Å². The minimum absolute atomic E-state index is 0.0699. The Labute approximate surface area is 170 Å². The van der Waals surface area contributed by atoms with Gasteiger partial charge in [-0.05, 0) is 49.7 Å². The molecule has 2 aromatic rings. The molecule has 0 spiro atoms. The fourth-order valence-electron chi connectivity index (χ4n) is 3.48. The number of nitrogens with two attached hydrogens (primary N) is 2. The highest BCUT2D eigenvalue weighted by Gasteiger charge is 2.32. The van der Waals surface area contributed by atoms with Crippen LogP contribution in [0.2, 0.25) is 0 Å². The summed E-state index contributed by atoms with van der Waals surface area (Å²) >= 11 is 0. The van der Waals surface area contributed by atoms with E-state index in [1.54, 1.807) is 0 Å². The number of nitro groups is 1. The lowest BCUT2D eigenvalue weighted by Gasteiger charge is -2.25. The number of nitrogens with zero attached hydrogens (tertiary/aromatic N) is 4. The first-order valence-electron chi connectivity index (χ1n) is 9.46. The Kier molecular flexibility index (Phi) is 6.34. The monoisotopic (exact) mass is 425 g/mol. The Morgan fingerprint density at radius 3 is 2.47 bits per heavy atom. The average Bonchev–Trinajstić information content (AvgIpc) is 2.67. The summed E-state index contributed by atoms with van der Waals surface area (Å²) in [5.74, 6) is 0.0239. The number of hydrogen-bond donors (Lipinski definition) is 3. The standard InChI is InChI=1S/C18H22F3N7O2/c19-18(20,21)14-6-3-11(8-24-14)9-25-17-26-13(15(28(29)30)16(23)27-17)7-10-1-4-12(22)5-2-10/h3,6,8,10,12H,1-2,4-5,7,9,22H2,(H3,23,25,26,27)/t10-,12-. The van der Waals surface area contributed by atoms with E-state index >= 15 is 0 Å². The second-order valence-corrected chi connectivity index (χ2v) is 7.37. The summed E-state index contributed by atoms with van der Waals surface area (Å²) in [5, 5.41) is 14.3. The molecule has 1 fully saturated rings. The Hall–Kier alpha value is -3.02. The normalized spacial score (nSPS) is 19.5. The Bertz CT molecular complexity index is 898. The van der Waals surface area contributed by atoms with E-state index in [4.69, 9.17) is 11.5 Å². The first-order valence-corrected chi connectivity index (χ1v) is 9.46. The van der Waals surface area contributed by atoms with Crippen molar-refractivity contribution in [3.8, 4) is 0 Å². The molecule has 162 valence electrons. The van der Waals surface area contributed by atoms with Gasteiger partial charge < -0.3 is 16.8 Å². The van der Waals surface area contributed by atoms with Gasteiger partial charge in [0.1, 0.15) is 11.4 Å². The van der Waals surface area contributed by atoms with Gasteiger partial charge in [0.05, 0.1) is 4.92 Å². The van der Waals surface area contributed by atoms with Crippen LogP contribution in [0.4, 0.5) is 30.6 Å². The lowest BCUT2D eigenvalue weighted by molar-refractivity contribution is -0.385. The lowest BCUT2D eigenvalue weighted by atomic mass is 9.83. The van der Waals surface area contributed by atoms with Crippen molar-refractivity contribution in [1.82, 2.24) is 15.0 Å². The lowest BCUT2D eigenvalue weighted by Crippen LogP contribution is -2.27. The molecule has 0 aliphatic heterocycles. The number of alkyl halides is 3. The molecule has 2 heterocycles. The van der Waals surface area contributed by atoms with Crippen LogP contribution in [-0.2, 0) is 19.1 Å². The zero-order valence-electron chi connectivity index (χ0n) is 16.0. The minimum atomic E-state index is -4.51. The molecular formula is C18H22F3N7O2. The molecule has 30 heavy (non-hydrogen) atoms. The Balaban J connectivity index is 1.75. The third-order valence-corrected chi connectivity index (χ3v) is 5.10. The van der Waals surface area contributed by atoms with Crippen LogP contribution in [0.25, 0.3) is 0 Å². The van der Waals surface area contributed by atoms with E-state index in [0.717, 1.165) is 37.9 Å². The molecule has 3 rings (SSSR count). The van der Waals surface area contributed by atoms with Gasteiger partial charge in [-0.25, -0.2) is 4.98 Å². The van der Waals surface area contributed by atoms with Crippen LogP contribution in [0, 0.1) is 16.0 Å². The molecule has 1 aliphatic carbocycles. The predicted octanol–water partition coefficient (Wildman–Crippen LogP) is 3.05. The van der Waals surface area contributed by atoms with E-state index in [1.165, 1.54) is 6.07 Å². The van der Waals surface area contributed by atoms with Gasteiger partial charge in [0.25, 0.3) is 0 Å². The summed E-state index contributed by atoms with van der Waals surface area (Å²) in [4.78, 5) is 22.4. The number of nitrogens with one attached hydrogen (secondary N) is 1. The predicted molar refractivity (Wildman–Crippen MR) is 103 cm³/mol.